The third-order valence-electron chi connectivity index (χ3n) is 7.28. The maximum absolute atomic E-state index is 13.0. The van der Waals surface area contributed by atoms with Crippen molar-refractivity contribution in [2.45, 2.75) is 78.3 Å². The van der Waals surface area contributed by atoms with Crippen LogP contribution in [0, 0.1) is 26.7 Å². The third-order valence-corrected chi connectivity index (χ3v) is 7.28. The quantitative estimate of drug-likeness (QED) is 0.666. The van der Waals surface area contributed by atoms with Gasteiger partial charge in [-0.1, -0.05) is 37.0 Å². The van der Waals surface area contributed by atoms with Gasteiger partial charge in [-0.3, -0.25) is 14.5 Å². The molecule has 1 aromatic heterocycles. The number of hydrogen-bond acceptors (Lipinski definition) is 5. The summed E-state index contributed by atoms with van der Waals surface area (Å²) in [5.41, 5.74) is 5.60. The second-order valence-electron chi connectivity index (χ2n) is 9.98. The van der Waals surface area contributed by atoms with Gasteiger partial charge < -0.3 is 10.6 Å². The first-order valence-electron chi connectivity index (χ1n) is 12.6. The Labute approximate surface area is 202 Å². The van der Waals surface area contributed by atoms with Gasteiger partial charge in [0.2, 0.25) is 5.91 Å². The molecule has 34 heavy (non-hydrogen) atoms. The van der Waals surface area contributed by atoms with Crippen molar-refractivity contribution < 1.29 is 9.59 Å². The Hall–Kier alpha value is -2.80. The first kappa shape index (κ1) is 24.3. The molecule has 0 spiro atoms. The van der Waals surface area contributed by atoms with E-state index >= 15 is 0 Å². The summed E-state index contributed by atoms with van der Waals surface area (Å²) in [6, 6.07) is 4.59. The first-order chi connectivity index (χ1) is 16.4. The largest absolute Gasteiger partial charge is 0.348 e. The minimum absolute atomic E-state index is 0.00297. The molecule has 2 amide bonds. The lowest BCUT2D eigenvalue weighted by atomic mass is 9.89. The number of amides is 2. The van der Waals surface area contributed by atoms with Crippen LogP contribution in [0.15, 0.2) is 24.5 Å². The van der Waals surface area contributed by atoms with E-state index in [2.05, 4.69) is 58.4 Å². The van der Waals surface area contributed by atoms with Crippen LogP contribution < -0.4 is 10.6 Å². The fourth-order valence-corrected chi connectivity index (χ4v) is 5.35. The second-order valence-corrected chi connectivity index (χ2v) is 9.98. The van der Waals surface area contributed by atoms with Crippen LogP contribution in [0.5, 0.6) is 0 Å². The van der Waals surface area contributed by atoms with E-state index in [9.17, 15) is 9.59 Å². The fourth-order valence-electron chi connectivity index (χ4n) is 5.35. The van der Waals surface area contributed by atoms with E-state index in [0.717, 1.165) is 58.2 Å². The molecule has 2 N–H and O–H groups in total. The van der Waals surface area contributed by atoms with Crippen molar-refractivity contribution in [3.8, 4) is 0 Å². The van der Waals surface area contributed by atoms with Gasteiger partial charge in [-0.15, -0.1) is 0 Å². The lowest BCUT2D eigenvalue weighted by Gasteiger charge is -2.33. The van der Waals surface area contributed by atoms with Crippen molar-refractivity contribution in [2.24, 2.45) is 5.92 Å². The summed E-state index contributed by atoms with van der Waals surface area (Å²) < 4.78 is 0. The highest BCUT2D eigenvalue weighted by atomic mass is 16.2. The number of aromatic nitrogens is 2. The number of carbonyl (C=O) groups is 2. The van der Waals surface area contributed by atoms with E-state index in [1.54, 1.807) is 0 Å². The molecule has 2 aliphatic rings. The van der Waals surface area contributed by atoms with Gasteiger partial charge in [0.15, 0.2) is 11.5 Å². The zero-order valence-electron chi connectivity index (χ0n) is 20.7. The van der Waals surface area contributed by atoms with E-state index in [1.807, 2.05) is 0 Å². The fraction of sp³-hybridized carbons (Fsp3) is 0.556. The maximum atomic E-state index is 13.0. The molecule has 0 atom stereocenters. The molecule has 0 radical (unpaired) electrons. The van der Waals surface area contributed by atoms with Crippen LogP contribution in [0.4, 0.5) is 5.82 Å². The molecule has 1 aliphatic heterocycles. The van der Waals surface area contributed by atoms with Gasteiger partial charge >= 0.3 is 0 Å². The number of hydrogen-bond donors (Lipinski definition) is 2. The second kappa shape index (κ2) is 11.1. The molecule has 0 bridgehead atoms. The highest BCUT2D eigenvalue weighted by Crippen LogP contribution is 2.25. The maximum Gasteiger partial charge on any atom is 0.273 e. The Morgan fingerprint density at radius 2 is 1.59 bits per heavy atom. The van der Waals surface area contributed by atoms with Crippen LogP contribution >= 0.6 is 0 Å². The molecule has 2 aromatic rings. The molecule has 4 rings (SSSR count). The number of rotatable bonds is 6. The molecule has 0 unspecified atom stereocenters. The summed E-state index contributed by atoms with van der Waals surface area (Å²) in [6.07, 6.45) is 9.93. The topological polar surface area (TPSA) is 87.2 Å². The number of piperidine rings is 1. The Morgan fingerprint density at radius 1 is 0.941 bits per heavy atom. The standard InChI is InChI=1S/C27H37N5O2/c1-18-15-19(2)23(20(3)16-18)17-32-13-9-22(10-14-32)30-27(34)24-25(29-12-11-28-24)31-26(33)21-7-5-4-6-8-21/h11-12,15-16,21-22H,4-10,13-14,17H2,1-3H3,(H,30,34)(H,29,31,33). The zero-order valence-corrected chi connectivity index (χ0v) is 20.7. The first-order valence-corrected chi connectivity index (χ1v) is 12.6. The van der Waals surface area contributed by atoms with Gasteiger partial charge in [-0.2, -0.15) is 0 Å². The lowest BCUT2D eigenvalue weighted by molar-refractivity contribution is -0.120. The highest BCUT2D eigenvalue weighted by Gasteiger charge is 2.26. The molecule has 7 nitrogen and oxygen atoms in total. The molecule has 2 heterocycles. The molecular formula is C27H37N5O2. The smallest absolute Gasteiger partial charge is 0.273 e. The Morgan fingerprint density at radius 3 is 2.26 bits per heavy atom. The van der Waals surface area contributed by atoms with Crippen LogP contribution in [0.2, 0.25) is 0 Å². The number of anilines is 1. The minimum Gasteiger partial charge on any atom is -0.348 e. The van der Waals surface area contributed by atoms with Crippen LogP contribution in [0.1, 0.15) is 77.7 Å². The van der Waals surface area contributed by atoms with Crippen molar-refractivity contribution >= 4 is 17.6 Å². The molecule has 182 valence electrons. The van der Waals surface area contributed by atoms with E-state index in [0.29, 0.717) is 0 Å². The number of likely N-dealkylation sites (tertiary alicyclic amines) is 1. The van der Waals surface area contributed by atoms with Crippen molar-refractivity contribution in [3.05, 3.63) is 52.5 Å². The van der Waals surface area contributed by atoms with E-state index in [-0.39, 0.29) is 35.3 Å². The van der Waals surface area contributed by atoms with E-state index in [4.69, 9.17) is 0 Å². The Kier molecular flexibility index (Phi) is 7.93. The minimum atomic E-state index is -0.268. The number of nitrogens with one attached hydrogen (secondary N) is 2. The highest BCUT2D eigenvalue weighted by molar-refractivity contribution is 6.01. The summed E-state index contributed by atoms with van der Waals surface area (Å²) in [6.45, 7) is 9.33. The van der Waals surface area contributed by atoms with Gasteiger partial charge in [-0.05, 0) is 63.1 Å². The Balaban J connectivity index is 1.32. The SMILES string of the molecule is Cc1cc(C)c(CN2CCC(NC(=O)c3nccnc3NC(=O)C3CCCCC3)CC2)c(C)c1. The zero-order chi connectivity index (χ0) is 24.1. The average Bonchev–Trinajstić information content (AvgIpc) is 2.83. The molecule has 1 aliphatic carbocycles. The van der Waals surface area contributed by atoms with Crippen LogP contribution in [0.3, 0.4) is 0 Å². The molecule has 7 heteroatoms. The van der Waals surface area contributed by atoms with Gasteiger partial charge in [0.1, 0.15) is 0 Å². The van der Waals surface area contributed by atoms with Crippen LogP contribution in [-0.2, 0) is 11.3 Å². The normalized spacial score (nSPS) is 18.0. The molecule has 1 saturated heterocycles. The monoisotopic (exact) mass is 463 g/mol. The summed E-state index contributed by atoms with van der Waals surface area (Å²) >= 11 is 0. The molecule has 2 fully saturated rings. The van der Waals surface area contributed by atoms with Crippen molar-refractivity contribution in [1.82, 2.24) is 20.2 Å². The predicted molar refractivity (Wildman–Crippen MR) is 134 cm³/mol. The van der Waals surface area contributed by atoms with Gasteiger partial charge in [-0.25, -0.2) is 9.97 Å². The summed E-state index contributed by atoms with van der Waals surface area (Å²) in [7, 11) is 0. The predicted octanol–water partition coefficient (Wildman–Crippen LogP) is 4.32. The molecule has 1 saturated carbocycles. The van der Waals surface area contributed by atoms with Gasteiger partial charge in [0, 0.05) is 44.0 Å². The third kappa shape index (κ3) is 6.00. The van der Waals surface area contributed by atoms with Crippen molar-refractivity contribution in [3.63, 3.8) is 0 Å². The number of benzene rings is 1. The van der Waals surface area contributed by atoms with E-state index in [1.165, 1.54) is 41.1 Å². The summed E-state index contributed by atoms with van der Waals surface area (Å²) in [5, 5.41) is 5.99. The van der Waals surface area contributed by atoms with Crippen molar-refractivity contribution in [2.75, 3.05) is 18.4 Å². The lowest BCUT2D eigenvalue weighted by Crippen LogP contribution is -2.44. The number of nitrogens with zero attached hydrogens (tertiary/aromatic N) is 3. The summed E-state index contributed by atoms with van der Waals surface area (Å²) in [5.74, 6) is -0.0601. The number of aryl methyl sites for hydroxylation is 3. The van der Waals surface area contributed by atoms with Crippen LogP contribution in [0.25, 0.3) is 0 Å². The van der Waals surface area contributed by atoms with E-state index < -0.39 is 0 Å². The molecule has 1 aromatic carbocycles. The van der Waals surface area contributed by atoms with Gasteiger partial charge in [0.25, 0.3) is 5.91 Å². The van der Waals surface area contributed by atoms with Crippen molar-refractivity contribution in [1.29, 1.82) is 0 Å². The molecular weight excluding hydrogens is 426 g/mol. The number of carbonyl (C=O) groups excluding carboxylic acids is 2. The van der Waals surface area contributed by atoms with Crippen LogP contribution in [-0.4, -0.2) is 45.8 Å². The Bertz CT molecular complexity index is 1000. The summed E-state index contributed by atoms with van der Waals surface area (Å²) in [4.78, 5) is 36.6. The van der Waals surface area contributed by atoms with Gasteiger partial charge in [0.05, 0.1) is 0 Å². The average molecular weight is 464 g/mol.